The van der Waals surface area contributed by atoms with E-state index in [9.17, 15) is 4.79 Å². The number of nitrogens with one attached hydrogen (secondary N) is 2. The smallest absolute Gasteiger partial charge is 0.276 e. The molecule has 118 valence electrons. The van der Waals surface area contributed by atoms with Crippen molar-refractivity contribution >= 4 is 5.91 Å². The summed E-state index contributed by atoms with van der Waals surface area (Å²) in [7, 11) is 0. The molecule has 2 N–H and O–H groups in total. The molecule has 0 atom stereocenters. The molecule has 0 heterocycles. The lowest BCUT2D eigenvalue weighted by Gasteiger charge is -2.13. The fourth-order valence-electron chi connectivity index (χ4n) is 2.56. The molecule has 2 aromatic carbocycles. The molecule has 2 aromatic rings. The lowest BCUT2D eigenvalue weighted by molar-refractivity contribution is -0.123. The Balaban J connectivity index is 1.59. The van der Waals surface area contributed by atoms with E-state index in [1.165, 1.54) is 0 Å². The van der Waals surface area contributed by atoms with Gasteiger partial charge in [0.2, 0.25) is 0 Å². The van der Waals surface area contributed by atoms with Gasteiger partial charge in [-0.15, -0.1) is 0 Å². The van der Waals surface area contributed by atoms with Crippen LogP contribution in [0.25, 0.3) is 11.1 Å². The van der Waals surface area contributed by atoms with Gasteiger partial charge in [0.05, 0.1) is 0 Å². The molecule has 0 aromatic heterocycles. The number of hydrogen-bond donors (Lipinski definition) is 2. The Hall–Kier alpha value is -2.75. The Morgan fingerprint density at radius 1 is 1.04 bits per heavy atom. The SMILES string of the molecule is O=C(COc1ccccc1-c1ccccc1)NNC1=CCCC1. The van der Waals surface area contributed by atoms with Crippen molar-refractivity contribution in [2.75, 3.05) is 6.61 Å². The quantitative estimate of drug-likeness (QED) is 0.804. The molecule has 0 radical (unpaired) electrons. The molecule has 0 unspecified atom stereocenters. The van der Waals surface area contributed by atoms with Gasteiger partial charge in [0, 0.05) is 11.3 Å². The van der Waals surface area contributed by atoms with Crippen LogP contribution in [0.2, 0.25) is 0 Å². The summed E-state index contributed by atoms with van der Waals surface area (Å²) in [5, 5.41) is 0. The minimum Gasteiger partial charge on any atom is -0.483 e. The van der Waals surface area contributed by atoms with Gasteiger partial charge >= 0.3 is 0 Å². The molecule has 0 saturated heterocycles. The summed E-state index contributed by atoms with van der Waals surface area (Å²) in [6.45, 7) is -0.0237. The Kier molecular flexibility index (Phi) is 4.94. The van der Waals surface area contributed by atoms with E-state index in [-0.39, 0.29) is 12.5 Å². The predicted octanol–water partition coefficient (Wildman–Crippen LogP) is 3.42. The van der Waals surface area contributed by atoms with Crippen molar-refractivity contribution < 1.29 is 9.53 Å². The summed E-state index contributed by atoms with van der Waals surface area (Å²) in [5.41, 5.74) is 8.74. The van der Waals surface area contributed by atoms with E-state index in [4.69, 9.17) is 4.74 Å². The molecule has 1 aliphatic carbocycles. The van der Waals surface area contributed by atoms with Crippen LogP contribution in [0.3, 0.4) is 0 Å². The summed E-state index contributed by atoms with van der Waals surface area (Å²) >= 11 is 0. The van der Waals surface area contributed by atoms with E-state index in [0.717, 1.165) is 36.1 Å². The number of rotatable bonds is 6. The Labute approximate surface area is 136 Å². The van der Waals surface area contributed by atoms with Gasteiger partial charge in [-0.3, -0.25) is 10.2 Å². The van der Waals surface area contributed by atoms with Gasteiger partial charge in [0.15, 0.2) is 6.61 Å². The van der Waals surface area contributed by atoms with Crippen molar-refractivity contribution in [3.05, 3.63) is 66.4 Å². The van der Waals surface area contributed by atoms with E-state index >= 15 is 0 Å². The minimum atomic E-state index is -0.194. The second kappa shape index (κ2) is 7.49. The zero-order chi connectivity index (χ0) is 15.9. The van der Waals surface area contributed by atoms with Crippen LogP contribution in [0, 0.1) is 0 Å². The lowest BCUT2D eigenvalue weighted by Crippen LogP contribution is -2.39. The molecule has 4 nitrogen and oxygen atoms in total. The molecule has 4 heteroatoms. The van der Waals surface area contributed by atoms with Crippen LogP contribution < -0.4 is 15.6 Å². The van der Waals surface area contributed by atoms with Crippen molar-refractivity contribution in [3.8, 4) is 16.9 Å². The molecular formula is C19H20N2O2. The molecule has 23 heavy (non-hydrogen) atoms. The van der Waals surface area contributed by atoms with Crippen LogP contribution in [0.5, 0.6) is 5.75 Å². The van der Waals surface area contributed by atoms with Crippen LogP contribution in [-0.2, 0) is 4.79 Å². The third kappa shape index (κ3) is 4.13. The summed E-state index contributed by atoms with van der Waals surface area (Å²) in [5.74, 6) is 0.509. The van der Waals surface area contributed by atoms with Gasteiger partial charge in [-0.1, -0.05) is 54.6 Å². The number of benzene rings is 2. The summed E-state index contributed by atoms with van der Waals surface area (Å²) < 4.78 is 5.70. The highest BCUT2D eigenvalue weighted by molar-refractivity contribution is 5.78. The first kappa shape index (κ1) is 15.2. The third-order valence-corrected chi connectivity index (χ3v) is 3.73. The first-order valence-corrected chi connectivity index (χ1v) is 7.84. The highest BCUT2D eigenvalue weighted by Gasteiger charge is 2.09. The Morgan fingerprint density at radius 3 is 2.61 bits per heavy atom. The Morgan fingerprint density at radius 2 is 1.83 bits per heavy atom. The number of para-hydroxylation sites is 1. The summed E-state index contributed by atoms with van der Waals surface area (Å²) in [4.78, 5) is 11.9. The van der Waals surface area contributed by atoms with Crippen molar-refractivity contribution in [3.63, 3.8) is 0 Å². The largest absolute Gasteiger partial charge is 0.483 e. The summed E-state index contributed by atoms with van der Waals surface area (Å²) in [6, 6.07) is 17.7. The molecule has 0 spiro atoms. The van der Waals surface area contributed by atoms with E-state index in [1.54, 1.807) is 0 Å². The number of hydrogen-bond acceptors (Lipinski definition) is 3. The van der Waals surface area contributed by atoms with E-state index in [2.05, 4.69) is 16.9 Å². The fourth-order valence-corrected chi connectivity index (χ4v) is 2.56. The maximum atomic E-state index is 11.9. The average molecular weight is 308 g/mol. The molecule has 1 amide bonds. The van der Waals surface area contributed by atoms with Gasteiger partial charge < -0.3 is 10.2 Å². The predicted molar refractivity (Wildman–Crippen MR) is 90.6 cm³/mol. The number of amides is 1. The third-order valence-electron chi connectivity index (χ3n) is 3.73. The van der Waals surface area contributed by atoms with Gasteiger partial charge in [-0.05, 0) is 30.9 Å². The summed E-state index contributed by atoms with van der Waals surface area (Å²) in [6.07, 6.45) is 5.29. The fraction of sp³-hybridized carbons (Fsp3) is 0.211. The van der Waals surface area contributed by atoms with Crippen LogP contribution in [-0.4, -0.2) is 12.5 Å². The first-order chi connectivity index (χ1) is 11.3. The zero-order valence-electron chi connectivity index (χ0n) is 12.9. The molecule has 0 fully saturated rings. The van der Waals surface area contributed by atoms with Crippen molar-refractivity contribution in [2.45, 2.75) is 19.3 Å². The second-order valence-corrected chi connectivity index (χ2v) is 5.45. The van der Waals surface area contributed by atoms with E-state index in [0.29, 0.717) is 5.75 Å². The highest BCUT2D eigenvalue weighted by atomic mass is 16.5. The minimum absolute atomic E-state index is 0.0237. The van der Waals surface area contributed by atoms with Crippen LogP contribution in [0.1, 0.15) is 19.3 Å². The van der Waals surface area contributed by atoms with Gasteiger partial charge in [-0.2, -0.15) is 0 Å². The van der Waals surface area contributed by atoms with Crippen LogP contribution >= 0.6 is 0 Å². The Bertz CT molecular complexity index is 696. The molecule has 1 aliphatic rings. The number of hydrazine groups is 1. The highest BCUT2D eigenvalue weighted by Crippen LogP contribution is 2.29. The maximum absolute atomic E-state index is 11.9. The number of carbonyl (C=O) groups is 1. The van der Waals surface area contributed by atoms with Gasteiger partial charge in [0.1, 0.15) is 5.75 Å². The topological polar surface area (TPSA) is 50.4 Å². The van der Waals surface area contributed by atoms with E-state index < -0.39 is 0 Å². The number of allylic oxidation sites excluding steroid dienone is 2. The van der Waals surface area contributed by atoms with E-state index in [1.807, 2.05) is 54.6 Å². The standard InChI is InChI=1S/C19H20N2O2/c22-19(21-20-16-10-4-5-11-16)14-23-18-13-7-6-12-17(18)15-8-2-1-3-9-15/h1-3,6-10,12-13,20H,4-5,11,14H2,(H,21,22). The number of carbonyl (C=O) groups excluding carboxylic acids is 1. The maximum Gasteiger partial charge on any atom is 0.276 e. The number of ether oxygens (including phenoxy) is 1. The molecular weight excluding hydrogens is 288 g/mol. The molecule has 3 rings (SSSR count). The normalized spacial score (nSPS) is 13.3. The molecule has 0 saturated carbocycles. The van der Waals surface area contributed by atoms with Crippen molar-refractivity contribution in [1.82, 2.24) is 10.9 Å². The first-order valence-electron chi connectivity index (χ1n) is 7.84. The van der Waals surface area contributed by atoms with Gasteiger partial charge in [-0.25, -0.2) is 0 Å². The van der Waals surface area contributed by atoms with Crippen LogP contribution in [0.15, 0.2) is 66.4 Å². The average Bonchev–Trinajstić information content (AvgIpc) is 3.13. The monoisotopic (exact) mass is 308 g/mol. The van der Waals surface area contributed by atoms with Crippen molar-refractivity contribution in [1.29, 1.82) is 0 Å². The van der Waals surface area contributed by atoms with Gasteiger partial charge in [0.25, 0.3) is 5.91 Å². The zero-order valence-corrected chi connectivity index (χ0v) is 12.9. The lowest BCUT2D eigenvalue weighted by atomic mass is 10.1. The molecule has 0 aliphatic heterocycles. The second-order valence-electron chi connectivity index (χ2n) is 5.45. The van der Waals surface area contributed by atoms with Crippen LogP contribution in [0.4, 0.5) is 0 Å². The molecule has 0 bridgehead atoms. The van der Waals surface area contributed by atoms with Crippen molar-refractivity contribution in [2.24, 2.45) is 0 Å².